The Labute approximate surface area is 121 Å². The molecule has 1 aromatic rings. The Hall–Kier alpha value is -1.53. The minimum absolute atomic E-state index is 0.232. The Morgan fingerprint density at radius 1 is 1.25 bits per heavy atom. The minimum Gasteiger partial charge on any atom is -0.362 e. The Balaban J connectivity index is 2.02. The number of hydrogen-bond donors (Lipinski definition) is 1. The third-order valence-electron chi connectivity index (χ3n) is 4.89. The topological polar surface area (TPSA) is 39.1 Å². The van der Waals surface area contributed by atoms with Gasteiger partial charge in [0.1, 0.15) is 6.07 Å². The highest BCUT2D eigenvalue weighted by Gasteiger charge is 2.40. The molecule has 0 unspecified atom stereocenters. The van der Waals surface area contributed by atoms with E-state index >= 15 is 0 Å². The van der Waals surface area contributed by atoms with Gasteiger partial charge in [-0.3, -0.25) is 0 Å². The van der Waals surface area contributed by atoms with E-state index in [0.29, 0.717) is 0 Å². The number of piperazine rings is 1. The summed E-state index contributed by atoms with van der Waals surface area (Å²) >= 11 is 0. The van der Waals surface area contributed by atoms with Gasteiger partial charge in [0.25, 0.3) is 0 Å². The first-order chi connectivity index (χ1) is 9.75. The number of nitrogens with one attached hydrogen (secondary N) is 1. The molecule has 1 aliphatic carbocycles. The lowest BCUT2D eigenvalue weighted by molar-refractivity contribution is 0.241. The van der Waals surface area contributed by atoms with Gasteiger partial charge in [0.15, 0.2) is 0 Å². The van der Waals surface area contributed by atoms with Crippen molar-refractivity contribution in [3.63, 3.8) is 0 Å². The minimum atomic E-state index is 0.232. The van der Waals surface area contributed by atoms with Crippen molar-refractivity contribution in [1.29, 1.82) is 5.26 Å². The van der Waals surface area contributed by atoms with Crippen molar-refractivity contribution in [2.45, 2.75) is 44.6 Å². The summed E-state index contributed by atoms with van der Waals surface area (Å²) in [6.45, 7) is 5.20. The molecule has 3 rings (SSSR count). The molecule has 2 aliphatic rings. The van der Waals surface area contributed by atoms with Crippen LogP contribution < -0.4 is 10.2 Å². The van der Waals surface area contributed by atoms with Gasteiger partial charge in [0.2, 0.25) is 0 Å². The smallest absolute Gasteiger partial charge is 0.101 e. The number of nitriles is 1. The highest BCUT2D eigenvalue weighted by molar-refractivity contribution is 5.62. The summed E-state index contributed by atoms with van der Waals surface area (Å²) in [7, 11) is 0. The van der Waals surface area contributed by atoms with Crippen molar-refractivity contribution in [3.8, 4) is 6.07 Å². The summed E-state index contributed by atoms with van der Waals surface area (Å²) in [5.41, 5.74) is 3.44. The van der Waals surface area contributed by atoms with E-state index in [-0.39, 0.29) is 5.54 Å². The molecule has 1 spiro atoms. The molecule has 2 fully saturated rings. The average Bonchev–Trinajstić information content (AvgIpc) is 2.48. The average molecular weight is 269 g/mol. The molecule has 0 amide bonds. The molecular weight excluding hydrogens is 246 g/mol. The van der Waals surface area contributed by atoms with E-state index in [9.17, 15) is 5.26 Å². The lowest BCUT2D eigenvalue weighted by Gasteiger charge is -2.51. The number of anilines is 1. The molecule has 1 heterocycles. The van der Waals surface area contributed by atoms with Crippen LogP contribution in [0, 0.1) is 18.3 Å². The van der Waals surface area contributed by atoms with E-state index in [4.69, 9.17) is 0 Å². The first kappa shape index (κ1) is 13.5. The summed E-state index contributed by atoms with van der Waals surface area (Å²) in [5, 5.41) is 13.0. The van der Waals surface area contributed by atoms with Gasteiger partial charge in [0.05, 0.1) is 16.8 Å². The predicted octanol–water partition coefficient (Wildman–Crippen LogP) is 2.98. The van der Waals surface area contributed by atoms with E-state index in [1.54, 1.807) is 0 Å². The maximum atomic E-state index is 9.43. The van der Waals surface area contributed by atoms with Crippen molar-refractivity contribution in [2.75, 3.05) is 24.5 Å². The molecule has 1 saturated heterocycles. The molecule has 1 saturated carbocycles. The SMILES string of the molecule is Cc1ccc(C#N)c(N2CCNCC23CCCCC3)c1. The fourth-order valence-corrected chi connectivity index (χ4v) is 3.84. The van der Waals surface area contributed by atoms with Gasteiger partial charge in [-0.05, 0) is 37.5 Å². The van der Waals surface area contributed by atoms with Crippen molar-refractivity contribution in [3.05, 3.63) is 29.3 Å². The van der Waals surface area contributed by atoms with Gasteiger partial charge < -0.3 is 10.2 Å². The Kier molecular flexibility index (Phi) is 3.67. The highest BCUT2D eigenvalue weighted by Crippen LogP contribution is 2.39. The molecule has 1 aliphatic heterocycles. The molecule has 106 valence electrons. The van der Waals surface area contributed by atoms with E-state index in [2.05, 4.69) is 29.3 Å². The quantitative estimate of drug-likeness (QED) is 0.852. The van der Waals surface area contributed by atoms with Crippen LogP contribution in [-0.2, 0) is 0 Å². The number of hydrogen-bond acceptors (Lipinski definition) is 3. The standard InChI is InChI=1S/C17H23N3/c1-14-5-6-15(12-18)16(11-14)20-10-9-19-13-17(20)7-3-2-4-8-17/h5-6,11,19H,2-4,7-10,13H2,1H3. The second-order valence-corrected chi connectivity index (χ2v) is 6.25. The van der Waals surface area contributed by atoms with Crippen LogP contribution in [0.1, 0.15) is 43.2 Å². The Morgan fingerprint density at radius 3 is 2.80 bits per heavy atom. The largest absolute Gasteiger partial charge is 0.362 e. The highest BCUT2D eigenvalue weighted by atomic mass is 15.3. The molecule has 20 heavy (non-hydrogen) atoms. The van der Waals surface area contributed by atoms with E-state index in [1.807, 2.05) is 12.1 Å². The number of aryl methyl sites for hydroxylation is 1. The van der Waals surface area contributed by atoms with Gasteiger partial charge in [-0.15, -0.1) is 0 Å². The lowest BCUT2D eigenvalue weighted by Crippen LogP contribution is -2.62. The van der Waals surface area contributed by atoms with Gasteiger partial charge in [0, 0.05) is 19.6 Å². The maximum absolute atomic E-state index is 9.43. The second kappa shape index (κ2) is 5.46. The monoisotopic (exact) mass is 269 g/mol. The van der Waals surface area contributed by atoms with Crippen molar-refractivity contribution >= 4 is 5.69 Å². The van der Waals surface area contributed by atoms with Gasteiger partial charge in [-0.1, -0.05) is 25.3 Å². The van der Waals surface area contributed by atoms with E-state index < -0.39 is 0 Å². The molecule has 0 bridgehead atoms. The van der Waals surface area contributed by atoms with Crippen molar-refractivity contribution < 1.29 is 0 Å². The molecular formula is C17H23N3. The predicted molar refractivity (Wildman–Crippen MR) is 81.9 cm³/mol. The zero-order valence-electron chi connectivity index (χ0n) is 12.3. The third-order valence-corrected chi connectivity index (χ3v) is 4.89. The van der Waals surface area contributed by atoms with Crippen LogP contribution in [0.15, 0.2) is 18.2 Å². The zero-order valence-corrected chi connectivity index (χ0v) is 12.3. The van der Waals surface area contributed by atoms with E-state index in [1.165, 1.54) is 37.7 Å². The summed E-state index contributed by atoms with van der Waals surface area (Å²) in [6, 6.07) is 8.59. The third kappa shape index (κ3) is 2.29. The summed E-state index contributed by atoms with van der Waals surface area (Å²) < 4.78 is 0. The molecule has 1 N–H and O–H groups in total. The summed E-state index contributed by atoms with van der Waals surface area (Å²) in [6.07, 6.45) is 6.48. The van der Waals surface area contributed by atoms with Crippen molar-refractivity contribution in [2.24, 2.45) is 0 Å². The van der Waals surface area contributed by atoms with Crippen LogP contribution in [0.3, 0.4) is 0 Å². The van der Waals surface area contributed by atoms with Crippen LogP contribution in [0.4, 0.5) is 5.69 Å². The molecule has 0 aromatic heterocycles. The summed E-state index contributed by atoms with van der Waals surface area (Å²) in [4.78, 5) is 2.54. The molecule has 0 radical (unpaired) electrons. The molecule has 1 aromatic carbocycles. The fourth-order valence-electron chi connectivity index (χ4n) is 3.84. The zero-order chi connectivity index (χ0) is 14.0. The summed E-state index contributed by atoms with van der Waals surface area (Å²) in [5.74, 6) is 0. The van der Waals surface area contributed by atoms with Crippen LogP contribution in [0.5, 0.6) is 0 Å². The fraction of sp³-hybridized carbons (Fsp3) is 0.588. The first-order valence-corrected chi connectivity index (χ1v) is 7.74. The van der Waals surface area contributed by atoms with Crippen LogP contribution >= 0.6 is 0 Å². The van der Waals surface area contributed by atoms with Gasteiger partial charge in [-0.2, -0.15) is 5.26 Å². The molecule has 0 atom stereocenters. The van der Waals surface area contributed by atoms with Crippen LogP contribution in [-0.4, -0.2) is 25.2 Å². The normalized spacial score (nSPS) is 21.7. The van der Waals surface area contributed by atoms with E-state index in [0.717, 1.165) is 30.9 Å². The number of rotatable bonds is 1. The Morgan fingerprint density at radius 2 is 2.05 bits per heavy atom. The maximum Gasteiger partial charge on any atom is 0.101 e. The molecule has 3 nitrogen and oxygen atoms in total. The number of nitrogens with zero attached hydrogens (tertiary/aromatic N) is 2. The Bertz CT molecular complexity index is 515. The van der Waals surface area contributed by atoms with Crippen LogP contribution in [0.2, 0.25) is 0 Å². The lowest BCUT2D eigenvalue weighted by atomic mass is 9.78. The van der Waals surface area contributed by atoms with Crippen molar-refractivity contribution in [1.82, 2.24) is 5.32 Å². The van der Waals surface area contributed by atoms with Gasteiger partial charge >= 0.3 is 0 Å². The first-order valence-electron chi connectivity index (χ1n) is 7.74. The number of benzene rings is 1. The van der Waals surface area contributed by atoms with Gasteiger partial charge in [-0.25, -0.2) is 0 Å². The van der Waals surface area contributed by atoms with Crippen LogP contribution in [0.25, 0.3) is 0 Å². The molecule has 3 heteroatoms. The second-order valence-electron chi connectivity index (χ2n) is 6.25.